The highest BCUT2D eigenvalue weighted by molar-refractivity contribution is 7.47. The molecule has 0 spiro atoms. The van der Waals surface area contributed by atoms with Crippen molar-refractivity contribution in [2.75, 3.05) is 40.9 Å². The molecule has 0 heterocycles. The lowest BCUT2D eigenvalue weighted by Crippen LogP contribution is -2.45. The van der Waals surface area contributed by atoms with E-state index in [1.54, 1.807) is 6.08 Å². The Morgan fingerprint density at radius 1 is 0.447 bits per heavy atom. The maximum absolute atomic E-state index is 13.0. The summed E-state index contributed by atoms with van der Waals surface area (Å²) in [6.07, 6.45) is 79.4. The van der Waals surface area contributed by atoms with Gasteiger partial charge >= 0.3 is 7.82 Å². The number of phosphoric acid groups is 1. The number of nitrogens with zero attached hydrogens (tertiary/aromatic N) is 1. The molecule has 76 heavy (non-hydrogen) atoms. The van der Waals surface area contributed by atoms with E-state index >= 15 is 0 Å². The average Bonchev–Trinajstić information content (AvgIpc) is 3.38. The number of carbonyl (C=O) groups is 1. The number of hydrogen-bond acceptors (Lipinski definition) is 5. The number of likely N-dealkylation sites (N-methyl/N-ethyl adjacent to an activating group) is 1. The first-order valence-corrected chi connectivity index (χ1v) is 34.2. The number of phosphoric ester groups is 1. The zero-order chi connectivity index (χ0) is 55.6. The Kier molecular flexibility index (Phi) is 56.5. The summed E-state index contributed by atoms with van der Waals surface area (Å²) < 4.78 is 23.7. The molecule has 446 valence electrons. The van der Waals surface area contributed by atoms with Crippen molar-refractivity contribution < 1.29 is 32.9 Å². The van der Waals surface area contributed by atoms with E-state index < -0.39 is 20.0 Å². The second-order valence-corrected chi connectivity index (χ2v) is 24.9. The molecule has 3 N–H and O–H groups in total. The largest absolute Gasteiger partial charge is 0.472 e. The van der Waals surface area contributed by atoms with E-state index in [2.05, 4.69) is 67.8 Å². The van der Waals surface area contributed by atoms with Crippen LogP contribution in [0.1, 0.15) is 309 Å². The minimum Gasteiger partial charge on any atom is -0.387 e. The van der Waals surface area contributed by atoms with Crippen LogP contribution in [0.4, 0.5) is 0 Å². The molecule has 0 radical (unpaired) electrons. The van der Waals surface area contributed by atoms with Gasteiger partial charge in [0.05, 0.1) is 39.9 Å². The van der Waals surface area contributed by atoms with Crippen LogP contribution in [0.25, 0.3) is 0 Å². The predicted molar refractivity (Wildman–Crippen MR) is 332 cm³/mol. The van der Waals surface area contributed by atoms with E-state index in [9.17, 15) is 19.4 Å². The number of quaternary nitrogens is 1. The maximum atomic E-state index is 13.0. The third-order valence-corrected chi connectivity index (χ3v) is 15.7. The maximum Gasteiger partial charge on any atom is 0.472 e. The number of unbranched alkanes of at least 4 members (excludes halogenated alkanes) is 39. The van der Waals surface area contributed by atoms with Crippen molar-refractivity contribution >= 4 is 13.7 Å². The molecule has 0 aromatic heterocycles. The molecule has 8 nitrogen and oxygen atoms in total. The number of rotatable bonds is 60. The van der Waals surface area contributed by atoms with Gasteiger partial charge in [-0.3, -0.25) is 13.8 Å². The fourth-order valence-electron chi connectivity index (χ4n) is 9.58. The molecule has 0 aliphatic carbocycles. The summed E-state index contributed by atoms with van der Waals surface area (Å²) >= 11 is 0. The molecule has 0 rings (SSSR count). The van der Waals surface area contributed by atoms with Gasteiger partial charge in [-0.25, -0.2) is 4.57 Å². The molecule has 9 heteroatoms. The Morgan fingerprint density at radius 2 is 0.763 bits per heavy atom. The van der Waals surface area contributed by atoms with Gasteiger partial charge in [0.15, 0.2) is 0 Å². The van der Waals surface area contributed by atoms with Gasteiger partial charge in [0.25, 0.3) is 0 Å². The third kappa shape index (κ3) is 59.9. The number of hydrogen-bond donors (Lipinski definition) is 3. The van der Waals surface area contributed by atoms with Crippen molar-refractivity contribution in [1.82, 2.24) is 5.32 Å². The first-order valence-electron chi connectivity index (χ1n) is 32.7. The fourth-order valence-corrected chi connectivity index (χ4v) is 10.3. The topological polar surface area (TPSA) is 105 Å². The standard InChI is InChI=1S/C67H127N2O6P/c1-6-8-10-12-14-16-18-20-22-24-25-26-27-28-29-30-31-32-33-34-35-36-37-38-39-40-41-42-43-45-47-49-51-53-55-57-59-61-67(71)68-65(64-75-76(72,73)74-63-62-69(3,4)5)66(70)60-58-56-54-52-50-48-46-44-23-21-19-17-15-13-11-9-7-2/h18,20,23-25,44,50,52,58,60,65-66,70H,6-17,19,21-22,26-43,45-49,51,53-57,59,61-64H2,1-5H3,(H-,68,71,72,73)/p+1/b20-18-,25-24-,44-23+,52-50+,60-58+. The van der Waals surface area contributed by atoms with Crippen molar-refractivity contribution in [3.05, 3.63) is 60.8 Å². The summed E-state index contributed by atoms with van der Waals surface area (Å²) in [5, 5.41) is 13.9. The molecule has 0 aliphatic heterocycles. The molecule has 1 amide bonds. The molecule has 0 saturated carbocycles. The number of allylic oxidation sites excluding steroid dienone is 9. The van der Waals surface area contributed by atoms with Crippen LogP contribution < -0.4 is 5.32 Å². The lowest BCUT2D eigenvalue weighted by molar-refractivity contribution is -0.870. The van der Waals surface area contributed by atoms with E-state index in [0.717, 1.165) is 51.4 Å². The van der Waals surface area contributed by atoms with Crippen LogP contribution in [0.15, 0.2) is 60.8 Å². The quantitative estimate of drug-likeness (QED) is 0.0243. The summed E-state index contributed by atoms with van der Waals surface area (Å²) in [7, 11) is 1.55. The molecule has 0 fully saturated rings. The highest BCUT2D eigenvalue weighted by Gasteiger charge is 2.27. The summed E-state index contributed by atoms with van der Waals surface area (Å²) in [6.45, 7) is 4.79. The Bertz CT molecular complexity index is 1420. The summed E-state index contributed by atoms with van der Waals surface area (Å²) in [5.74, 6) is -0.187. The van der Waals surface area contributed by atoms with Gasteiger partial charge in [-0.2, -0.15) is 0 Å². The smallest absolute Gasteiger partial charge is 0.387 e. The fraction of sp³-hybridized carbons (Fsp3) is 0.836. The Labute approximate surface area is 472 Å². The van der Waals surface area contributed by atoms with Crippen LogP contribution >= 0.6 is 7.82 Å². The molecule has 0 saturated heterocycles. The highest BCUT2D eigenvalue weighted by Crippen LogP contribution is 2.43. The van der Waals surface area contributed by atoms with Gasteiger partial charge < -0.3 is 19.8 Å². The van der Waals surface area contributed by atoms with Gasteiger partial charge in [-0.05, 0) is 77.0 Å². The molecule has 3 unspecified atom stereocenters. The van der Waals surface area contributed by atoms with Crippen LogP contribution in [0, 0.1) is 0 Å². The Morgan fingerprint density at radius 3 is 1.13 bits per heavy atom. The van der Waals surface area contributed by atoms with E-state index in [1.807, 2.05) is 27.2 Å². The molecule has 0 aliphatic rings. The summed E-state index contributed by atoms with van der Waals surface area (Å²) in [4.78, 5) is 23.3. The van der Waals surface area contributed by atoms with Crippen LogP contribution in [0.5, 0.6) is 0 Å². The van der Waals surface area contributed by atoms with E-state index in [4.69, 9.17) is 9.05 Å². The van der Waals surface area contributed by atoms with E-state index in [-0.39, 0.29) is 19.1 Å². The predicted octanol–water partition coefficient (Wildman–Crippen LogP) is 20.4. The number of carbonyl (C=O) groups excluding carboxylic acids is 1. The molecule has 3 atom stereocenters. The minimum atomic E-state index is -4.36. The first-order chi connectivity index (χ1) is 37.0. The summed E-state index contributed by atoms with van der Waals surface area (Å²) in [5.41, 5.74) is 0. The Hall–Kier alpha value is -1.80. The van der Waals surface area contributed by atoms with Crippen molar-refractivity contribution in [1.29, 1.82) is 0 Å². The average molecular weight is 1090 g/mol. The number of aliphatic hydroxyl groups is 1. The van der Waals surface area contributed by atoms with Crippen LogP contribution in [-0.2, 0) is 18.4 Å². The molecular weight excluding hydrogens is 960 g/mol. The van der Waals surface area contributed by atoms with Crippen molar-refractivity contribution in [2.24, 2.45) is 0 Å². The van der Waals surface area contributed by atoms with Gasteiger partial charge in [-0.1, -0.05) is 286 Å². The van der Waals surface area contributed by atoms with Crippen LogP contribution in [-0.4, -0.2) is 73.4 Å². The Balaban J connectivity index is 3.99. The molecule has 0 aromatic carbocycles. The minimum absolute atomic E-state index is 0.0538. The SMILES string of the molecule is CCCCCCC/C=C\C/C=C\CCCCCCCCCCCCCCCCCCCCCCCCCCCC(=O)NC(COP(=O)(O)OCC[N+](C)(C)C)C(O)/C=C/CC/C=C/CC/C=C/CCCCCCCCC. The number of aliphatic hydroxyl groups excluding tert-OH is 1. The van der Waals surface area contributed by atoms with Gasteiger partial charge in [0, 0.05) is 6.42 Å². The molecular formula is C67H128N2O6P+. The van der Waals surface area contributed by atoms with E-state index in [0.29, 0.717) is 17.4 Å². The zero-order valence-electron chi connectivity index (χ0n) is 51.0. The van der Waals surface area contributed by atoms with Gasteiger partial charge in [0.1, 0.15) is 13.2 Å². The second kappa shape index (κ2) is 57.9. The lowest BCUT2D eigenvalue weighted by atomic mass is 10.0. The molecule has 0 aromatic rings. The second-order valence-electron chi connectivity index (χ2n) is 23.5. The van der Waals surface area contributed by atoms with Crippen molar-refractivity contribution in [2.45, 2.75) is 321 Å². The van der Waals surface area contributed by atoms with Crippen LogP contribution in [0.3, 0.4) is 0 Å². The molecule has 0 bridgehead atoms. The van der Waals surface area contributed by atoms with E-state index in [1.165, 1.54) is 238 Å². The van der Waals surface area contributed by atoms with Gasteiger partial charge in [-0.15, -0.1) is 0 Å². The zero-order valence-corrected chi connectivity index (χ0v) is 51.9. The number of nitrogens with one attached hydrogen (secondary N) is 1. The lowest BCUT2D eigenvalue weighted by Gasteiger charge is -2.25. The third-order valence-electron chi connectivity index (χ3n) is 14.7. The number of amides is 1. The van der Waals surface area contributed by atoms with Crippen molar-refractivity contribution in [3.63, 3.8) is 0 Å². The highest BCUT2D eigenvalue weighted by atomic mass is 31.2. The van der Waals surface area contributed by atoms with Crippen LogP contribution in [0.2, 0.25) is 0 Å². The van der Waals surface area contributed by atoms with Crippen molar-refractivity contribution in [3.8, 4) is 0 Å². The summed E-state index contributed by atoms with van der Waals surface area (Å²) in [6, 6.07) is -0.870. The monoisotopic (exact) mass is 1090 g/mol. The normalized spacial score (nSPS) is 14.1. The van der Waals surface area contributed by atoms with Gasteiger partial charge in [0.2, 0.25) is 5.91 Å². The first kappa shape index (κ1) is 74.2.